The molecule has 3 aromatic heterocycles. The van der Waals surface area contributed by atoms with Gasteiger partial charge in [0.2, 0.25) is 0 Å². The molecule has 4 aromatic rings. The van der Waals surface area contributed by atoms with Gasteiger partial charge in [-0.3, -0.25) is 9.78 Å². The second-order valence-corrected chi connectivity index (χ2v) is 7.47. The number of para-hydroxylation sites is 1. The SMILES string of the molecule is CC(C)OC(=O)Cc1cccc(COc2nc3c(Cl)cccc3n2-c2nnnn2C)n1. The zero-order chi connectivity index (χ0) is 22.0. The monoisotopic (exact) mass is 441 g/mol. The molecule has 0 saturated heterocycles. The zero-order valence-electron chi connectivity index (χ0n) is 17.2. The van der Waals surface area contributed by atoms with Gasteiger partial charge in [-0.15, -0.1) is 0 Å². The summed E-state index contributed by atoms with van der Waals surface area (Å²) >= 11 is 6.32. The molecule has 3 heterocycles. The zero-order valence-corrected chi connectivity index (χ0v) is 17.9. The van der Waals surface area contributed by atoms with Crippen LogP contribution in [0.25, 0.3) is 17.0 Å². The minimum absolute atomic E-state index is 0.0880. The van der Waals surface area contributed by atoms with Crippen molar-refractivity contribution in [3.05, 3.63) is 52.8 Å². The van der Waals surface area contributed by atoms with Crippen LogP contribution in [-0.4, -0.2) is 46.8 Å². The maximum Gasteiger partial charge on any atom is 0.312 e. The van der Waals surface area contributed by atoms with Gasteiger partial charge in [-0.1, -0.05) is 28.8 Å². The number of nitrogens with zero attached hydrogens (tertiary/aromatic N) is 7. The van der Waals surface area contributed by atoms with Gasteiger partial charge in [-0.25, -0.2) is 9.25 Å². The van der Waals surface area contributed by atoms with Crippen molar-refractivity contribution < 1.29 is 14.3 Å². The first-order valence-electron chi connectivity index (χ1n) is 9.59. The summed E-state index contributed by atoms with van der Waals surface area (Å²) in [6.45, 7) is 3.74. The Morgan fingerprint density at radius 2 is 1.90 bits per heavy atom. The van der Waals surface area contributed by atoms with E-state index in [1.54, 1.807) is 43.7 Å². The summed E-state index contributed by atoms with van der Waals surface area (Å²) in [5.74, 6) is 0.102. The van der Waals surface area contributed by atoms with Gasteiger partial charge < -0.3 is 9.47 Å². The van der Waals surface area contributed by atoms with Gasteiger partial charge in [0.1, 0.15) is 12.1 Å². The van der Waals surface area contributed by atoms with E-state index < -0.39 is 0 Å². The van der Waals surface area contributed by atoms with Gasteiger partial charge in [-0.2, -0.15) is 4.98 Å². The van der Waals surface area contributed by atoms with Gasteiger partial charge in [0.05, 0.1) is 34.5 Å². The van der Waals surface area contributed by atoms with E-state index in [4.69, 9.17) is 21.1 Å². The van der Waals surface area contributed by atoms with E-state index in [0.717, 1.165) is 0 Å². The second-order valence-electron chi connectivity index (χ2n) is 7.06. The molecule has 0 amide bonds. The van der Waals surface area contributed by atoms with Crippen molar-refractivity contribution in [3.8, 4) is 12.0 Å². The third-order valence-electron chi connectivity index (χ3n) is 4.31. The van der Waals surface area contributed by atoms with E-state index in [1.807, 2.05) is 18.2 Å². The molecule has 0 aliphatic rings. The normalized spacial score (nSPS) is 11.3. The van der Waals surface area contributed by atoms with Crippen LogP contribution >= 0.6 is 11.6 Å². The number of rotatable bonds is 7. The number of hydrogen-bond acceptors (Lipinski definition) is 8. The van der Waals surface area contributed by atoms with E-state index >= 15 is 0 Å². The Hall–Kier alpha value is -3.53. The van der Waals surface area contributed by atoms with Crippen LogP contribution < -0.4 is 4.74 Å². The number of carbonyl (C=O) groups excluding carboxylic acids is 1. The molecule has 160 valence electrons. The van der Waals surface area contributed by atoms with Crippen LogP contribution in [0.3, 0.4) is 0 Å². The van der Waals surface area contributed by atoms with Gasteiger partial charge in [-0.05, 0) is 48.5 Å². The summed E-state index contributed by atoms with van der Waals surface area (Å²) in [5.41, 5.74) is 2.51. The molecule has 0 saturated carbocycles. The Balaban J connectivity index is 1.60. The number of halogens is 1. The fourth-order valence-corrected chi connectivity index (χ4v) is 3.26. The van der Waals surface area contributed by atoms with Crippen LogP contribution in [0.2, 0.25) is 5.02 Å². The average Bonchev–Trinajstić information content (AvgIpc) is 3.29. The third-order valence-corrected chi connectivity index (χ3v) is 4.61. The Kier molecular flexibility index (Phi) is 5.81. The van der Waals surface area contributed by atoms with Crippen molar-refractivity contribution in [2.75, 3.05) is 0 Å². The Morgan fingerprint density at radius 3 is 2.65 bits per heavy atom. The highest BCUT2D eigenvalue weighted by atomic mass is 35.5. The highest BCUT2D eigenvalue weighted by molar-refractivity contribution is 6.35. The number of tetrazole rings is 1. The number of ether oxygens (including phenoxy) is 2. The molecular formula is C20H20ClN7O3. The van der Waals surface area contributed by atoms with Crippen LogP contribution in [0, 0.1) is 0 Å². The summed E-state index contributed by atoms with van der Waals surface area (Å²) in [4.78, 5) is 20.9. The first kappa shape index (κ1) is 20.7. The highest BCUT2D eigenvalue weighted by Crippen LogP contribution is 2.29. The van der Waals surface area contributed by atoms with Gasteiger partial charge >= 0.3 is 12.0 Å². The summed E-state index contributed by atoms with van der Waals surface area (Å²) in [7, 11) is 1.72. The van der Waals surface area contributed by atoms with Crippen molar-refractivity contribution in [1.82, 2.24) is 34.7 Å². The minimum Gasteiger partial charge on any atom is -0.463 e. The standard InChI is InChI=1S/C20H20ClN7O3/c1-12(2)31-17(29)10-13-6-4-7-14(22-13)11-30-20-23-18-15(21)8-5-9-16(18)28(20)19-24-25-26-27(19)3/h4-9,12H,10-11H2,1-3H3. The van der Waals surface area contributed by atoms with Crippen LogP contribution in [0.15, 0.2) is 36.4 Å². The molecule has 1 aromatic carbocycles. The lowest BCUT2D eigenvalue weighted by Crippen LogP contribution is -2.15. The molecule has 0 unspecified atom stereocenters. The van der Waals surface area contributed by atoms with Crippen LogP contribution in [0.5, 0.6) is 6.01 Å². The second kappa shape index (κ2) is 8.68. The number of fused-ring (bicyclic) bond motifs is 1. The lowest BCUT2D eigenvalue weighted by Gasteiger charge is -2.10. The fraction of sp³-hybridized carbons (Fsp3) is 0.300. The van der Waals surface area contributed by atoms with Crippen molar-refractivity contribution in [2.24, 2.45) is 7.05 Å². The molecule has 4 rings (SSSR count). The number of imidazole rings is 1. The Bertz CT molecular complexity index is 1230. The number of esters is 1. The first-order chi connectivity index (χ1) is 14.9. The fourth-order valence-electron chi connectivity index (χ4n) is 3.05. The maximum absolute atomic E-state index is 11.9. The van der Waals surface area contributed by atoms with Gasteiger partial charge in [0, 0.05) is 7.05 Å². The molecule has 11 heteroatoms. The van der Waals surface area contributed by atoms with Crippen molar-refractivity contribution in [3.63, 3.8) is 0 Å². The van der Waals surface area contributed by atoms with E-state index in [2.05, 4.69) is 25.5 Å². The van der Waals surface area contributed by atoms with Gasteiger partial charge in [0.15, 0.2) is 0 Å². The quantitative estimate of drug-likeness (QED) is 0.402. The van der Waals surface area contributed by atoms with E-state index in [-0.39, 0.29) is 31.1 Å². The summed E-state index contributed by atoms with van der Waals surface area (Å²) < 4.78 is 14.3. The van der Waals surface area contributed by atoms with Crippen molar-refractivity contribution in [1.29, 1.82) is 0 Å². The van der Waals surface area contributed by atoms with E-state index in [0.29, 0.717) is 33.4 Å². The minimum atomic E-state index is -0.327. The van der Waals surface area contributed by atoms with Crippen LogP contribution in [-0.2, 0) is 29.6 Å². The van der Waals surface area contributed by atoms with Crippen molar-refractivity contribution in [2.45, 2.75) is 33.0 Å². The van der Waals surface area contributed by atoms with E-state index in [1.165, 1.54) is 4.68 Å². The molecule has 0 atom stereocenters. The third kappa shape index (κ3) is 4.48. The van der Waals surface area contributed by atoms with Crippen LogP contribution in [0.1, 0.15) is 25.2 Å². The van der Waals surface area contributed by atoms with Crippen molar-refractivity contribution >= 4 is 28.6 Å². The van der Waals surface area contributed by atoms with Crippen LogP contribution in [0.4, 0.5) is 0 Å². The Morgan fingerprint density at radius 1 is 1.13 bits per heavy atom. The molecule has 0 fully saturated rings. The molecule has 0 aliphatic carbocycles. The number of hydrogen-bond donors (Lipinski definition) is 0. The number of benzene rings is 1. The lowest BCUT2D eigenvalue weighted by atomic mass is 10.2. The summed E-state index contributed by atoms with van der Waals surface area (Å²) in [5, 5.41) is 12.1. The summed E-state index contributed by atoms with van der Waals surface area (Å²) in [6.07, 6.45) is -0.0842. The van der Waals surface area contributed by atoms with E-state index in [9.17, 15) is 4.79 Å². The molecule has 10 nitrogen and oxygen atoms in total. The largest absolute Gasteiger partial charge is 0.463 e. The molecule has 0 N–H and O–H groups in total. The average molecular weight is 442 g/mol. The Labute approximate surface area is 182 Å². The molecular weight excluding hydrogens is 422 g/mol. The maximum atomic E-state index is 11.9. The summed E-state index contributed by atoms with van der Waals surface area (Å²) in [6, 6.07) is 11.1. The number of aryl methyl sites for hydroxylation is 1. The molecule has 0 bridgehead atoms. The predicted molar refractivity (Wildman–Crippen MR) is 112 cm³/mol. The molecule has 31 heavy (non-hydrogen) atoms. The van der Waals surface area contributed by atoms with Gasteiger partial charge in [0.25, 0.3) is 5.95 Å². The molecule has 0 radical (unpaired) electrons. The highest BCUT2D eigenvalue weighted by Gasteiger charge is 2.20. The lowest BCUT2D eigenvalue weighted by molar-refractivity contribution is -0.146. The molecule has 0 spiro atoms. The topological polar surface area (TPSA) is 110 Å². The molecule has 0 aliphatic heterocycles. The first-order valence-corrected chi connectivity index (χ1v) is 9.97. The smallest absolute Gasteiger partial charge is 0.312 e. The predicted octanol–water partition coefficient (Wildman–Crippen LogP) is 2.67. The number of carbonyl (C=O) groups is 1. The number of pyridine rings is 1. The number of aromatic nitrogens is 7.